The van der Waals surface area contributed by atoms with E-state index in [-0.39, 0.29) is 22.2 Å². The fourth-order valence-electron chi connectivity index (χ4n) is 1.92. The topological polar surface area (TPSA) is 63.5 Å². The van der Waals surface area contributed by atoms with Gasteiger partial charge in [-0.05, 0) is 31.2 Å². The van der Waals surface area contributed by atoms with Crippen molar-refractivity contribution in [2.45, 2.75) is 13.5 Å². The molecule has 0 atom stereocenters. The van der Waals surface area contributed by atoms with Crippen LogP contribution in [0, 0.1) is 10.1 Å². The van der Waals surface area contributed by atoms with Crippen molar-refractivity contribution < 1.29 is 9.72 Å². The molecule has 0 aliphatic rings. The molecule has 1 heterocycles. The molecule has 0 saturated heterocycles. The molecule has 8 heteroatoms. The van der Waals surface area contributed by atoms with E-state index in [1.807, 2.05) is 13.0 Å². The Labute approximate surface area is 141 Å². The summed E-state index contributed by atoms with van der Waals surface area (Å²) in [6, 6.07) is 7.68. The molecule has 2 aromatic rings. The summed E-state index contributed by atoms with van der Waals surface area (Å²) in [6.07, 6.45) is 0. The van der Waals surface area contributed by atoms with Crippen molar-refractivity contribution in [2.75, 3.05) is 6.54 Å². The largest absolute Gasteiger partial charge is 0.334 e. The maximum absolute atomic E-state index is 12.5. The summed E-state index contributed by atoms with van der Waals surface area (Å²) in [7, 11) is 0. The first-order chi connectivity index (χ1) is 10.4. The molecule has 0 fully saturated rings. The second-order valence-corrected chi connectivity index (χ2v) is 6.66. The second-order valence-electron chi connectivity index (χ2n) is 4.45. The van der Waals surface area contributed by atoms with E-state index in [4.69, 9.17) is 23.2 Å². The Morgan fingerprint density at radius 2 is 2.05 bits per heavy atom. The number of carbonyl (C=O) groups excluding carboxylic acids is 1. The van der Waals surface area contributed by atoms with E-state index in [9.17, 15) is 14.9 Å². The van der Waals surface area contributed by atoms with Gasteiger partial charge in [0.2, 0.25) is 0 Å². The zero-order valence-electron chi connectivity index (χ0n) is 11.6. The summed E-state index contributed by atoms with van der Waals surface area (Å²) >= 11 is 13.0. The van der Waals surface area contributed by atoms with Gasteiger partial charge in [0.15, 0.2) is 0 Å². The van der Waals surface area contributed by atoms with Gasteiger partial charge in [0, 0.05) is 23.1 Å². The van der Waals surface area contributed by atoms with E-state index in [2.05, 4.69) is 0 Å². The van der Waals surface area contributed by atoms with Crippen LogP contribution in [-0.4, -0.2) is 22.3 Å². The lowest BCUT2D eigenvalue weighted by atomic mass is 10.1. The molecule has 1 amide bonds. The zero-order valence-corrected chi connectivity index (χ0v) is 13.9. The van der Waals surface area contributed by atoms with Crippen LogP contribution in [-0.2, 0) is 6.54 Å². The third-order valence-corrected chi connectivity index (χ3v) is 4.57. The van der Waals surface area contributed by atoms with Crippen LogP contribution in [0.4, 0.5) is 5.69 Å². The smallest absolute Gasteiger partial charge is 0.288 e. The third kappa shape index (κ3) is 3.76. The van der Waals surface area contributed by atoms with Gasteiger partial charge in [-0.3, -0.25) is 14.9 Å². The number of nitro benzene ring substituents is 1. The standard InChI is InChI=1S/C14H12Cl2N2O3S/c1-2-17(8-10-4-6-13(16)22-10)14(19)9-3-5-11(15)12(7-9)18(20)21/h3-7H,2,8H2,1H3. The maximum atomic E-state index is 12.5. The average molecular weight is 359 g/mol. The molecule has 0 aliphatic heterocycles. The SMILES string of the molecule is CCN(Cc1ccc(Cl)s1)C(=O)c1ccc(Cl)c([N+](=O)[O-])c1. The number of nitrogens with zero attached hydrogens (tertiary/aromatic N) is 2. The summed E-state index contributed by atoms with van der Waals surface area (Å²) in [5.41, 5.74) is -0.0386. The number of hydrogen-bond donors (Lipinski definition) is 0. The van der Waals surface area contributed by atoms with Crippen molar-refractivity contribution in [3.05, 3.63) is 60.2 Å². The minimum atomic E-state index is -0.603. The Balaban J connectivity index is 2.24. The normalized spacial score (nSPS) is 10.5. The lowest BCUT2D eigenvalue weighted by molar-refractivity contribution is -0.384. The number of nitro groups is 1. The lowest BCUT2D eigenvalue weighted by Crippen LogP contribution is -2.30. The summed E-state index contributed by atoms with van der Waals surface area (Å²) in [5.74, 6) is -0.285. The first-order valence-electron chi connectivity index (χ1n) is 6.39. The molecule has 0 bridgehead atoms. The first kappa shape index (κ1) is 16.7. The molecular formula is C14H12Cl2N2O3S. The predicted molar refractivity (Wildman–Crippen MR) is 87.8 cm³/mol. The number of thiophene rings is 1. The fraction of sp³-hybridized carbons (Fsp3) is 0.214. The van der Waals surface area contributed by atoms with Crippen LogP contribution in [0.2, 0.25) is 9.36 Å². The van der Waals surface area contributed by atoms with Gasteiger partial charge < -0.3 is 4.90 Å². The molecule has 0 N–H and O–H groups in total. The van der Waals surface area contributed by atoms with Gasteiger partial charge in [0.25, 0.3) is 11.6 Å². The van der Waals surface area contributed by atoms with Gasteiger partial charge in [0.05, 0.1) is 15.8 Å². The Kier molecular flexibility index (Phi) is 5.39. The van der Waals surface area contributed by atoms with E-state index in [0.717, 1.165) is 4.88 Å². The van der Waals surface area contributed by atoms with Gasteiger partial charge in [-0.15, -0.1) is 11.3 Å². The van der Waals surface area contributed by atoms with Crippen LogP contribution in [0.25, 0.3) is 0 Å². The summed E-state index contributed by atoms with van der Waals surface area (Å²) < 4.78 is 0.653. The average Bonchev–Trinajstić information content (AvgIpc) is 2.89. The molecule has 0 aliphatic carbocycles. The highest BCUT2D eigenvalue weighted by molar-refractivity contribution is 7.16. The Hall–Kier alpha value is -1.63. The van der Waals surface area contributed by atoms with Crippen molar-refractivity contribution >= 4 is 46.1 Å². The molecule has 116 valence electrons. The number of halogens is 2. The van der Waals surface area contributed by atoms with Gasteiger partial charge in [0.1, 0.15) is 5.02 Å². The van der Waals surface area contributed by atoms with Crippen molar-refractivity contribution in [1.82, 2.24) is 4.90 Å². The van der Waals surface area contributed by atoms with Crippen LogP contribution in [0.3, 0.4) is 0 Å². The molecule has 1 aromatic heterocycles. The third-order valence-electron chi connectivity index (χ3n) is 3.03. The van der Waals surface area contributed by atoms with Gasteiger partial charge in [-0.25, -0.2) is 0 Å². The van der Waals surface area contributed by atoms with Crippen LogP contribution in [0.1, 0.15) is 22.2 Å². The Morgan fingerprint density at radius 1 is 1.32 bits per heavy atom. The van der Waals surface area contributed by atoms with E-state index in [1.165, 1.54) is 29.5 Å². The monoisotopic (exact) mass is 358 g/mol. The van der Waals surface area contributed by atoms with Crippen LogP contribution in [0.5, 0.6) is 0 Å². The molecule has 0 unspecified atom stereocenters. The zero-order chi connectivity index (χ0) is 16.3. The van der Waals surface area contributed by atoms with Crippen LogP contribution >= 0.6 is 34.5 Å². The minimum Gasteiger partial charge on any atom is -0.334 e. The van der Waals surface area contributed by atoms with E-state index in [1.54, 1.807) is 11.0 Å². The summed E-state index contributed by atoms with van der Waals surface area (Å²) in [5, 5.41) is 10.9. The highest BCUT2D eigenvalue weighted by atomic mass is 35.5. The Morgan fingerprint density at radius 3 is 2.59 bits per heavy atom. The highest BCUT2D eigenvalue weighted by Crippen LogP contribution is 2.27. The number of rotatable bonds is 5. The quantitative estimate of drug-likeness (QED) is 0.578. The van der Waals surface area contributed by atoms with Crippen molar-refractivity contribution in [1.29, 1.82) is 0 Å². The van der Waals surface area contributed by atoms with Gasteiger partial charge >= 0.3 is 0 Å². The predicted octanol–water partition coefficient (Wildman–Crippen LogP) is 4.63. The molecular weight excluding hydrogens is 347 g/mol. The molecule has 0 saturated carbocycles. The Bertz CT molecular complexity index is 718. The molecule has 5 nitrogen and oxygen atoms in total. The second kappa shape index (κ2) is 7.09. The molecule has 0 spiro atoms. The highest BCUT2D eigenvalue weighted by Gasteiger charge is 2.20. The minimum absolute atomic E-state index is 0.00892. The molecule has 0 radical (unpaired) electrons. The van der Waals surface area contributed by atoms with E-state index >= 15 is 0 Å². The lowest BCUT2D eigenvalue weighted by Gasteiger charge is -2.20. The molecule has 1 aromatic carbocycles. The molecule has 2 rings (SSSR count). The maximum Gasteiger partial charge on any atom is 0.288 e. The number of benzene rings is 1. The van der Waals surface area contributed by atoms with Gasteiger partial charge in [-0.2, -0.15) is 0 Å². The summed E-state index contributed by atoms with van der Waals surface area (Å²) in [4.78, 5) is 25.4. The van der Waals surface area contributed by atoms with E-state index in [0.29, 0.717) is 17.4 Å². The molecule has 22 heavy (non-hydrogen) atoms. The first-order valence-corrected chi connectivity index (χ1v) is 7.97. The number of carbonyl (C=O) groups is 1. The number of hydrogen-bond acceptors (Lipinski definition) is 4. The van der Waals surface area contributed by atoms with Crippen molar-refractivity contribution in [3.63, 3.8) is 0 Å². The number of amides is 1. The van der Waals surface area contributed by atoms with Gasteiger partial charge in [-0.1, -0.05) is 23.2 Å². The fourth-order valence-corrected chi connectivity index (χ4v) is 3.21. The van der Waals surface area contributed by atoms with Crippen LogP contribution < -0.4 is 0 Å². The van der Waals surface area contributed by atoms with E-state index < -0.39 is 4.92 Å². The van der Waals surface area contributed by atoms with Crippen molar-refractivity contribution in [3.8, 4) is 0 Å². The van der Waals surface area contributed by atoms with Crippen LogP contribution in [0.15, 0.2) is 30.3 Å². The van der Waals surface area contributed by atoms with Crippen molar-refractivity contribution in [2.24, 2.45) is 0 Å². The summed E-state index contributed by atoms with van der Waals surface area (Å²) in [6.45, 7) is 2.73.